The van der Waals surface area contributed by atoms with Gasteiger partial charge in [-0.25, -0.2) is 0 Å². The van der Waals surface area contributed by atoms with Gasteiger partial charge in [-0.05, 0) is 32.1 Å². The Labute approximate surface area is 124 Å². The van der Waals surface area contributed by atoms with Crippen LogP contribution in [0.2, 0.25) is 0 Å². The summed E-state index contributed by atoms with van der Waals surface area (Å²) in [5, 5.41) is 11.7. The number of nitrogens with zero attached hydrogens (tertiary/aromatic N) is 1. The lowest BCUT2D eigenvalue weighted by atomic mass is 10.1. The third kappa shape index (κ3) is 4.19. The standard InChI is InChI=1S/C15H24N2O4/c1-2-4-11(9-13(18)19)16-14(20)12-5-3-8-17(12)15(21)10-6-7-10/h10-12H,2-9H2,1H3,(H,16,20)(H,18,19). The molecule has 0 spiro atoms. The fourth-order valence-corrected chi connectivity index (χ4v) is 2.95. The first kappa shape index (κ1) is 15.8. The van der Waals surface area contributed by atoms with E-state index in [1.54, 1.807) is 4.90 Å². The summed E-state index contributed by atoms with van der Waals surface area (Å²) in [6.07, 6.45) is 4.77. The summed E-state index contributed by atoms with van der Waals surface area (Å²) in [4.78, 5) is 37.1. The van der Waals surface area contributed by atoms with E-state index in [0.29, 0.717) is 19.4 Å². The van der Waals surface area contributed by atoms with Gasteiger partial charge in [0.1, 0.15) is 6.04 Å². The Morgan fingerprint density at radius 3 is 2.57 bits per heavy atom. The average molecular weight is 296 g/mol. The van der Waals surface area contributed by atoms with Crippen LogP contribution in [0, 0.1) is 5.92 Å². The molecular formula is C15H24N2O4. The number of aliphatic carboxylic acids is 1. The summed E-state index contributed by atoms with van der Waals surface area (Å²) in [7, 11) is 0. The predicted octanol–water partition coefficient (Wildman–Crippen LogP) is 1.15. The molecule has 1 aliphatic carbocycles. The third-order valence-corrected chi connectivity index (χ3v) is 4.17. The van der Waals surface area contributed by atoms with Crippen molar-refractivity contribution in [1.82, 2.24) is 10.2 Å². The van der Waals surface area contributed by atoms with Crippen LogP contribution in [-0.2, 0) is 14.4 Å². The molecule has 1 saturated heterocycles. The quantitative estimate of drug-likeness (QED) is 0.738. The van der Waals surface area contributed by atoms with Gasteiger partial charge in [0.05, 0.1) is 6.42 Å². The summed E-state index contributed by atoms with van der Waals surface area (Å²) in [5.74, 6) is -0.894. The highest BCUT2D eigenvalue weighted by Gasteiger charge is 2.41. The van der Waals surface area contributed by atoms with Crippen molar-refractivity contribution in [2.45, 2.75) is 64.0 Å². The van der Waals surface area contributed by atoms with Gasteiger partial charge in [-0.1, -0.05) is 13.3 Å². The van der Waals surface area contributed by atoms with Crippen molar-refractivity contribution < 1.29 is 19.5 Å². The Morgan fingerprint density at radius 2 is 2.00 bits per heavy atom. The summed E-state index contributed by atoms with van der Waals surface area (Å²) in [6, 6.07) is -0.760. The van der Waals surface area contributed by atoms with Crippen LogP contribution in [0.5, 0.6) is 0 Å². The maximum Gasteiger partial charge on any atom is 0.305 e. The van der Waals surface area contributed by atoms with Crippen molar-refractivity contribution in [3.8, 4) is 0 Å². The molecule has 1 aliphatic heterocycles. The summed E-state index contributed by atoms with van der Waals surface area (Å²) in [6.45, 7) is 2.60. The van der Waals surface area contributed by atoms with Crippen molar-refractivity contribution in [2.75, 3.05) is 6.54 Å². The number of hydrogen-bond acceptors (Lipinski definition) is 3. The number of nitrogens with one attached hydrogen (secondary N) is 1. The smallest absolute Gasteiger partial charge is 0.305 e. The van der Waals surface area contributed by atoms with Gasteiger partial charge in [-0.15, -0.1) is 0 Å². The van der Waals surface area contributed by atoms with E-state index in [1.807, 2.05) is 6.92 Å². The van der Waals surface area contributed by atoms with Crippen LogP contribution in [0.4, 0.5) is 0 Å². The lowest BCUT2D eigenvalue weighted by Crippen LogP contribution is -2.49. The molecule has 2 atom stereocenters. The lowest BCUT2D eigenvalue weighted by molar-refractivity contribution is -0.141. The van der Waals surface area contributed by atoms with Gasteiger partial charge in [0.25, 0.3) is 0 Å². The van der Waals surface area contributed by atoms with Gasteiger partial charge in [-0.3, -0.25) is 14.4 Å². The fourth-order valence-electron chi connectivity index (χ4n) is 2.95. The molecule has 118 valence electrons. The van der Waals surface area contributed by atoms with Crippen molar-refractivity contribution in [3.63, 3.8) is 0 Å². The van der Waals surface area contributed by atoms with Crippen LogP contribution in [-0.4, -0.2) is 46.4 Å². The zero-order valence-corrected chi connectivity index (χ0v) is 12.5. The summed E-state index contributed by atoms with van der Waals surface area (Å²) >= 11 is 0. The molecule has 6 heteroatoms. The van der Waals surface area contributed by atoms with Gasteiger partial charge >= 0.3 is 5.97 Å². The fraction of sp³-hybridized carbons (Fsp3) is 0.800. The second kappa shape index (κ2) is 6.91. The van der Waals surface area contributed by atoms with E-state index in [1.165, 1.54) is 0 Å². The van der Waals surface area contributed by atoms with Crippen molar-refractivity contribution in [2.24, 2.45) is 5.92 Å². The highest BCUT2D eigenvalue weighted by Crippen LogP contribution is 2.33. The van der Waals surface area contributed by atoms with Gasteiger partial charge in [-0.2, -0.15) is 0 Å². The molecule has 2 N–H and O–H groups in total. The molecule has 21 heavy (non-hydrogen) atoms. The van der Waals surface area contributed by atoms with E-state index in [2.05, 4.69) is 5.32 Å². The molecule has 0 radical (unpaired) electrons. The normalized spacial score (nSPS) is 22.9. The molecule has 2 unspecified atom stereocenters. The topological polar surface area (TPSA) is 86.7 Å². The average Bonchev–Trinajstić information content (AvgIpc) is 3.14. The van der Waals surface area contributed by atoms with E-state index in [0.717, 1.165) is 25.7 Å². The number of carboxylic acids is 1. The van der Waals surface area contributed by atoms with Crippen LogP contribution in [0.1, 0.15) is 51.9 Å². The van der Waals surface area contributed by atoms with Crippen molar-refractivity contribution >= 4 is 17.8 Å². The second-order valence-corrected chi connectivity index (χ2v) is 6.06. The van der Waals surface area contributed by atoms with Crippen LogP contribution in [0.3, 0.4) is 0 Å². The Bertz CT molecular complexity index is 420. The Morgan fingerprint density at radius 1 is 1.29 bits per heavy atom. The minimum atomic E-state index is -0.911. The monoisotopic (exact) mass is 296 g/mol. The van der Waals surface area contributed by atoms with Crippen LogP contribution in [0.15, 0.2) is 0 Å². The molecule has 2 rings (SSSR count). The second-order valence-electron chi connectivity index (χ2n) is 6.06. The van der Waals surface area contributed by atoms with E-state index in [-0.39, 0.29) is 30.2 Å². The molecule has 2 fully saturated rings. The van der Waals surface area contributed by atoms with E-state index in [9.17, 15) is 14.4 Å². The maximum absolute atomic E-state index is 12.4. The number of likely N-dealkylation sites (tertiary alicyclic amines) is 1. The van der Waals surface area contributed by atoms with Gasteiger partial charge in [0.2, 0.25) is 11.8 Å². The molecule has 2 amide bonds. The highest BCUT2D eigenvalue weighted by atomic mass is 16.4. The van der Waals surface area contributed by atoms with Crippen molar-refractivity contribution in [1.29, 1.82) is 0 Å². The number of carbonyl (C=O) groups excluding carboxylic acids is 2. The lowest BCUT2D eigenvalue weighted by Gasteiger charge is -2.26. The first-order chi connectivity index (χ1) is 10.0. The van der Waals surface area contributed by atoms with Crippen LogP contribution >= 0.6 is 0 Å². The van der Waals surface area contributed by atoms with E-state index in [4.69, 9.17) is 5.11 Å². The molecule has 0 bridgehead atoms. The molecule has 0 aromatic heterocycles. The maximum atomic E-state index is 12.4. The first-order valence-corrected chi connectivity index (χ1v) is 7.85. The molecule has 6 nitrogen and oxygen atoms in total. The molecular weight excluding hydrogens is 272 g/mol. The SMILES string of the molecule is CCCC(CC(=O)O)NC(=O)C1CCCN1C(=O)C1CC1. The Kier molecular flexibility index (Phi) is 5.20. The first-order valence-electron chi connectivity index (χ1n) is 7.85. The number of carboxylic acid groups (broad SMARTS) is 1. The van der Waals surface area contributed by atoms with Gasteiger partial charge in [0.15, 0.2) is 0 Å². The third-order valence-electron chi connectivity index (χ3n) is 4.17. The molecule has 1 saturated carbocycles. The number of hydrogen-bond donors (Lipinski definition) is 2. The minimum Gasteiger partial charge on any atom is -0.481 e. The molecule has 0 aromatic carbocycles. The number of carbonyl (C=O) groups is 3. The van der Waals surface area contributed by atoms with Gasteiger partial charge in [0, 0.05) is 18.5 Å². The largest absolute Gasteiger partial charge is 0.481 e. The van der Waals surface area contributed by atoms with Crippen molar-refractivity contribution in [3.05, 3.63) is 0 Å². The molecule has 0 aromatic rings. The Balaban J connectivity index is 1.93. The zero-order chi connectivity index (χ0) is 15.4. The summed E-state index contributed by atoms with van der Waals surface area (Å²) < 4.78 is 0. The molecule has 1 heterocycles. The minimum absolute atomic E-state index is 0.0666. The zero-order valence-electron chi connectivity index (χ0n) is 12.5. The molecule has 2 aliphatic rings. The van der Waals surface area contributed by atoms with Crippen LogP contribution < -0.4 is 5.32 Å². The van der Waals surface area contributed by atoms with E-state index < -0.39 is 12.0 Å². The van der Waals surface area contributed by atoms with Gasteiger partial charge < -0.3 is 15.3 Å². The Hall–Kier alpha value is -1.59. The van der Waals surface area contributed by atoms with Crippen LogP contribution in [0.25, 0.3) is 0 Å². The van der Waals surface area contributed by atoms with E-state index >= 15 is 0 Å². The predicted molar refractivity (Wildman–Crippen MR) is 76.6 cm³/mol. The highest BCUT2D eigenvalue weighted by molar-refractivity contribution is 5.90. The summed E-state index contributed by atoms with van der Waals surface area (Å²) in [5.41, 5.74) is 0. The number of amides is 2. The number of rotatable bonds is 7.